The largest absolute Gasteiger partial charge is 0.477 e. The third-order valence-electron chi connectivity index (χ3n) is 3.38. The van der Waals surface area contributed by atoms with Crippen molar-refractivity contribution in [3.05, 3.63) is 56.9 Å². The molecule has 1 aromatic carbocycles. The van der Waals surface area contributed by atoms with Crippen LogP contribution in [0.3, 0.4) is 0 Å². The van der Waals surface area contributed by atoms with Crippen molar-refractivity contribution in [2.45, 2.75) is 18.5 Å². The van der Waals surface area contributed by atoms with E-state index in [1.54, 1.807) is 30.3 Å². The zero-order valence-electron chi connectivity index (χ0n) is 13.5. The summed E-state index contributed by atoms with van der Waals surface area (Å²) in [4.78, 5) is 15.8. The lowest BCUT2D eigenvalue weighted by molar-refractivity contribution is -0.131. The summed E-state index contributed by atoms with van der Waals surface area (Å²) in [5, 5.41) is 17.3. The Morgan fingerprint density at radius 3 is 2.85 bits per heavy atom. The van der Waals surface area contributed by atoms with Gasteiger partial charge in [-0.25, -0.2) is 9.78 Å². The van der Waals surface area contributed by atoms with Gasteiger partial charge in [-0.05, 0) is 36.0 Å². The number of aryl methyl sites for hydroxylation is 1. The van der Waals surface area contributed by atoms with Crippen molar-refractivity contribution in [2.75, 3.05) is 0 Å². The molecule has 3 aromatic rings. The lowest BCUT2D eigenvalue weighted by Gasteiger charge is -2.02. The van der Waals surface area contributed by atoms with E-state index in [1.807, 2.05) is 6.92 Å². The monoisotopic (exact) mass is 409 g/mol. The van der Waals surface area contributed by atoms with Gasteiger partial charge in [0.2, 0.25) is 5.16 Å². The summed E-state index contributed by atoms with van der Waals surface area (Å²) >= 11 is 13.1. The number of aromatic amines is 1. The predicted octanol–water partition coefficient (Wildman–Crippen LogP) is 5.15. The fourth-order valence-corrected chi connectivity index (χ4v) is 3.21. The Hall–Kier alpha value is -2.22. The Bertz CT molecular complexity index is 981. The van der Waals surface area contributed by atoms with Crippen LogP contribution in [0.5, 0.6) is 0 Å². The van der Waals surface area contributed by atoms with Crippen LogP contribution in [0.4, 0.5) is 0 Å². The quantitative estimate of drug-likeness (QED) is 0.431. The van der Waals surface area contributed by atoms with Gasteiger partial charge in [-0.3, -0.25) is 5.10 Å². The molecule has 26 heavy (non-hydrogen) atoms. The van der Waals surface area contributed by atoms with E-state index < -0.39 is 5.97 Å². The van der Waals surface area contributed by atoms with E-state index in [0.29, 0.717) is 44.5 Å². The molecule has 9 heteroatoms. The maximum Gasteiger partial charge on any atom is 0.342 e. The second-order valence-electron chi connectivity index (χ2n) is 5.14. The van der Waals surface area contributed by atoms with Gasteiger partial charge in [-0.15, -0.1) is 5.10 Å². The Balaban J connectivity index is 1.88. The zero-order valence-corrected chi connectivity index (χ0v) is 15.8. The van der Waals surface area contributed by atoms with Gasteiger partial charge < -0.3 is 9.52 Å². The number of halogens is 2. The molecule has 3 rings (SSSR count). The highest BCUT2D eigenvalue weighted by atomic mass is 35.5. The van der Waals surface area contributed by atoms with E-state index in [4.69, 9.17) is 27.6 Å². The van der Waals surface area contributed by atoms with Crippen molar-refractivity contribution >= 4 is 47.0 Å². The molecule has 0 saturated heterocycles. The molecule has 2 aromatic heterocycles. The molecule has 134 valence electrons. The molecule has 0 unspecified atom stereocenters. The SMILES string of the molecule is CCc1nc(S/C(=C\c2ccc(-c3cccc(Cl)c3Cl)o2)C(=O)O)n[nH]1. The number of H-pyrrole nitrogens is 1. The normalized spacial score (nSPS) is 11.7. The van der Waals surface area contributed by atoms with Crippen LogP contribution >= 0.6 is 35.0 Å². The second kappa shape index (κ2) is 7.99. The number of hydrogen-bond donors (Lipinski definition) is 2. The van der Waals surface area contributed by atoms with Gasteiger partial charge in [-0.1, -0.05) is 36.2 Å². The van der Waals surface area contributed by atoms with E-state index in [0.717, 1.165) is 11.8 Å². The summed E-state index contributed by atoms with van der Waals surface area (Å²) in [7, 11) is 0. The van der Waals surface area contributed by atoms with Crippen molar-refractivity contribution in [1.82, 2.24) is 15.2 Å². The molecular formula is C17H13Cl2N3O3S. The molecule has 2 heterocycles. The fourth-order valence-electron chi connectivity index (χ4n) is 2.11. The molecule has 0 fully saturated rings. The predicted molar refractivity (Wildman–Crippen MR) is 101 cm³/mol. The number of aromatic nitrogens is 3. The summed E-state index contributed by atoms with van der Waals surface area (Å²) in [6.07, 6.45) is 2.10. The third kappa shape index (κ3) is 4.12. The molecule has 2 N–H and O–H groups in total. The van der Waals surface area contributed by atoms with Crippen LogP contribution in [0.25, 0.3) is 17.4 Å². The summed E-state index contributed by atoms with van der Waals surface area (Å²) in [6, 6.07) is 8.57. The first kappa shape index (κ1) is 18.6. The van der Waals surface area contributed by atoms with Crippen LogP contribution in [0, 0.1) is 0 Å². The number of rotatable bonds is 6. The van der Waals surface area contributed by atoms with E-state index in [-0.39, 0.29) is 4.91 Å². The second-order valence-corrected chi connectivity index (χ2v) is 6.93. The summed E-state index contributed by atoms with van der Waals surface area (Å²) in [5.74, 6) is 0.446. The van der Waals surface area contributed by atoms with E-state index >= 15 is 0 Å². The number of aliphatic carboxylic acids is 1. The van der Waals surface area contributed by atoms with Crippen LogP contribution in [0.1, 0.15) is 18.5 Å². The van der Waals surface area contributed by atoms with Crippen molar-refractivity contribution < 1.29 is 14.3 Å². The highest BCUT2D eigenvalue weighted by molar-refractivity contribution is 8.04. The number of nitrogens with zero attached hydrogens (tertiary/aromatic N) is 2. The fraction of sp³-hybridized carbons (Fsp3) is 0.118. The Labute approximate surface area is 163 Å². The van der Waals surface area contributed by atoms with Gasteiger partial charge in [-0.2, -0.15) is 0 Å². The lowest BCUT2D eigenvalue weighted by atomic mass is 10.2. The molecule has 0 spiro atoms. The third-order valence-corrected chi connectivity index (χ3v) is 5.07. The van der Waals surface area contributed by atoms with Crippen LogP contribution in [-0.4, -0.2) is 26.3 Å². The van der Waals surface area contributed by atoms with Crippen LogP contribution in [-0.2, 0) is 11.2 Å². The number of hydrogen-bond acceptors (Lipinski definition) is 5. The average molecular weight is 410 g/mol. The molecule has 0 bridgehead atoms. The minimum Gasteiger partial charge on any atom is -0.477 e. The van der Waals surface area contributed by atoms with E-state index in [2.05, 4.69) is 15.2 Å². The van der Waals surface area contributed by atoms with Crippen LogP contribution < -0.4 is 0 Å². The van der Waals surface area contributed by atoms with Crippen LogP contribution in [0.2, 0.25) is 10.0 Å². The molecular weight excluding hydrogens is 397 g/mol. The first-order chi connectivity index (χ1) is 12.5. The highest BCUT2D eigenvalue weighted by Gasteiger charge is 2.15. The number of thioether (sulfide) groups is 1. The van der Waals surface area contributed by atoms with E-state index in [9.17, 15) is 9.90 Å². The smallest absolute Gasteiger partial charge is 0.342 e. The Morgan fingerprint density at radius 2 is 2.15 bits per heavy atom. The van der Waals surface area contributed by atoms with Gasteiger partial charge in [0.25, 0.3) is 0 Å². The molecule has 0 aliphatic heterocycles. The molecule has 0 atom stereocenters. The first-order valence-corrected chi connectivity index (χ1v) is 9.13. The van der Waals surface area contributed by atoms with E-state index in [1.165, 1.54) is 6.08 Å². The average Bonchev–Trinajstić information content (AvgIpc) is 3.26. The highest BCUT2D eigenvalue weighted by Crippen LogP contribution is 2.35. The molecule has 6 nitrogen and oxygen atoms in total. The minimum atomic E-state index is -1.10. The van der Waals surface area contributed by atoms with Crippen molar-refractivity contribution in [2.24, 2.45) is 0 Å². The van der Waals surface area contributed by atoms with Gasteiger partial charge >= 0.3 is 5.97 Å². The maximum absolute atomic E-state index is 11.5. The van der Waals surface area contributed by atoms with Gasteiger partial charge in [0.1, 0.15) is 22.3 Å². The summed E-state index contributed by atoms with van der Waals surface area (Å²) in [6.45, 7) is 1.92. The standard InChI is InChI=1S/C17H13Cl2N3O3S/c1-2-14-20-17(22-21-14)26-13(16(23)24)8-9-6-7-12(25-9)10-4-3-5-11(18)15(10)19/h3-8H,2H2,1H3,(H,23,24)(H,20,21,22)/b13-8-. The first-order valence-electron chi connectivity index (χ1n) is 7.56. The van der Waals surface area contributed by atoms with Gasteiger partial charge in [0, 0.05) is 18.1 Å². The van der Waals surface area contributed by atoms with Crippen molar-refractivity contribution in [3.63, 3.8) is 0 Å². The van der Waals surface area contributed by atoms with Gasteiger partial charge in [0.05, 0.1) is 10.0 Å². The topological polar surface area (TPSA) is 92.0 Å². The Morgan fingerprint density at radius 1 is 1.35 bits per heavy atom. The molecule has 0 amide bonds. The number of benzene rings is 1. The summed E-state index contributed by atoms with van der Waals surface area (Å²) in [5.41, 5.74) is 0.630. The number of carboxylic acids is 1. The van der Waals surface area contributed by atoms with Gasteiger partial charge in [0.15, 0.2) is 0 Å². The number of carbonyl (C=O) groups is 1. The number of nitrogens with one attached hydrogen (secondary N) is 1. The number of furan rings is 1. The molecule has 0 radical (unpaired) electrons. The molecule has 0 saturated carbocycles. The van der Waals surface area contributed by atoms with Crippen LogP contribution in [0.15, 0.2) is 44.8 Å². The zero-order chi connectivity index (χ0) is 18.7. The lowest BCUT2D eigenvalue weighted by Crippen LogP contribution is -1.97. The molecule has 0 aliphatic rings. The minimum absolute atomic E-state index is 0.0322. The maximum atomic E-state index is 11.5. The Kier molecular flexibility index (Phi) is 5.70. The molecule has 0 aliphatic carbocycles. The van der Waals surface area contributed by atoms with Crippen molar-refractivity contribution in [1.29, 1.82) is 0 Å². The number of carboxylic acid groups (broad SMARTS) is 1. The summed E-state index contributed by atoms with van der Waals surface area (Å²) < 4.78 is 5.71. The van der Waals surface area contributed by atoms with Crippen molar-refractivity contribution in [3.8, 4) is 11.3 Å².